The number of nitrogens with zero attached hydrogens (tertiary/aromatic N) is 2. The van der Waals surface area contributed by atoms with Crippen molar-refractivity contribution < 1.29 is 4.74 Å². The molecule has 0 spiro atoms. The molecule has 4 nitrogen and oxygen atoms in total. The molecule has 0 fully saturated rings. The molecule has 108 valence electrons. The van der Waals surface area contributed by atoms with E-state index in [9.17, 15) is 5.26 Å². The van der Waals surface area contributed by atoms with Gasteiger partial charge in [-0.1, -0.05) is 19.9 Å². The highest BCUT2D eigenvalue weighted by molar-refractivity contribution is 5.47. The van der Waals surface area contributed by atoms with Crippen LogP contribution < -0.4 is 10.1 Å². The van der Waals surface area contributed by atoms with Gasteiger partial charge in [-0.25, -0.2) is 0 Å². The summed E-state index contributed by atoms with van der Waals surface area (Å²) in [6.07, 6.45) is 1.72. The highest BCUT2D eigenvalue weighted by Gasteiger charge is 2.08. The van der Waals surface area contributed by atoms with Crippen molar-refractivity contribution in [3.8, 4) is 17.6 Å². The fourth-order valence-electron chi connectivity index (χ4n) is 1.88. The van der Waals surface area contributed by atoms with E-state index in [0.717, 1.165) is 17.8 Å². The maximum absolute atomic E-state index is 9.30. The summed E-state index contributed by atoms with van der Waals surface area (Å²) in [6, 6.07) is 11.9. The van der Waals surface area contributed by atoms with Crippen molar-refractivity contribution in [1.29, 1.82) is 5.26 Å². The van der Waals surface area contributed by atoms with Crippen LogP contribution >= 0.6 is 0 Å². The normalized spacial score (nSPS) is 10.4. The van der Waals surface area contributed by atoms with Gasteiger partial charge >= 0.3 is 0 Å². The SMILES string of the molecule is Cc1ncccc1Oc1ccc(CNC(C)C)cc1C#N. The third kappa shape index (κ3) is 4.04. The second-order valence-electron chi connectivity index (χ2n) is 5.17. The van der Waals surface area contributed by atoms with E-state index in [1.165, 1.54) is 0 Å². The number of hydrogen-bond acceptors (Lipinski definition) is 4. The molecule has 4 heteroatoms. The molecule has 0 unspecified atom stereocenters. The number of ether oxygens (including phenoxy) is 1. The summed E-state index contributed by atoms with van der Waals surface area (Å²) in [4.78, 5) is 4.18. The number of hydrogen-bond donors (Lipinski definition) is 1. The Morgan fingerprint density at radius 1 is 1.29 bits per heavy atom. The van der Waals surface area contributed by atoms with E-state index in [0.29, 0.717) is 23.1 Å². The fraction of sp³-hybridized carbons (Fsp3) is 0.294. The van der Waals surface area contributed by atoms with Crippen LogP contribution in [0.15, 0.2) is 36.5 Å². The third-order valence-electron chi connectivity index (χ3n) is 3.06. The Morgan fingerprint density at radius 2 is 2.10 bits per heavy atom. The number of nitrogens with one attached hydrogen (secondary N) is 1. The Labute approximate surface area is 125 Å². The first-order valence-electron chi connectivity index (χ1n) is 6.96. The molecule has 0 aliphatic carbocycles. The van der Waals surface area contributed by atoms with Crippen molar-refractivity contribution in [2.24, 2.45) is 0 Å². The fourth-order valence-corrected chi connectivity index (χ4v) is 1.88. The number of nitriles is 1. The van der Waals surface area contributed by atoms with Crippen LogP contribution in [0.3, 0.4) is 0 Å². The first-order valence-corrected chi connectivity index (χ1v) is 6.96. The van der Waals surface area contributed by atoms with Gasteiger partial charge in [-0.15, -0.1) is 0 Å². The van der Waals surface area contributed by atoms with Crippen molar-refractivity contribution in [2.75, 3.05) is 0 Å². The average Bonchev–Trinajstić information content (AvgIpc) is 2.48. The molecule has 2 aromatic rings. The van der Waals surface area contributed by atoms with Crippen LogP contribution in [0.1, 0.15) is 30.7 Å². The molecule has 2 rings (SSSR count). The van der Waals surface area contributed by atoms with Crippen LogP contribution in [-0.2, 0) is 6.54 Å². The summed E-state index contributed by atoms with van der Waals surface area (Å²) >= 11 is 0. The topological polar surface area (TPSA) is 57.9 Å². The Kier molecular flexibility index (Phi) is 4.91. The van der Waals surface area contributed by atoms with Gasteiger partial charge in [0.15, 0.2) is 0 Å². The average molecular weight is 281 g/mol. The standard InChI is InChI=1S/C17H19N3O/c1-12(2)20-11-14-6-7-17(15(9-14)10-18)21-16-5-4-8-19-13(16)3/h4-9,12,20H,11H2,1-3H3. The van der Waals surface area contributed by atoms with Crippen molar-refractivity contribution in [1.82, 2.24) is 10.3 Å². The quantitative estimate of drug-likeness (QED) is 0.910. The van der Waals surface area contributed by atoms with Gasteiger partial charge in [-0.3, -0.25) is 4.98 Å². The minimum absolute atomic E-state index is 0.407. The van der Waals surface area contributed by atoms with Gasteiger partial charge in [0, 0.05) is 18.8 Å². The van der Waals surface area contributed by atoms with Crippen LogP contribution in [-0.4, -0.2) is 11.0 Å². The number of rotatable bonds is 5. The van der Waals surface area contributed by atoms with Gasteiger partial charge in [0.2, 0.25) is 0 Å². The molecular formula is C17H19N3O. The van der Waals surface area contributed by atoms with Gasteiger partial charge < -0.3 is 10.1 Å². The minimum Gasteiger partial charge on any atom is -0.454 e. The summed E-state index contributed by atoms with van der Waals surface area (Å²) in [6.45, 7) is 6.79. The molecule has 0 saturated heterocycles. The Balaban J connectivity index is 2.21. The summed E-state index contributed by atoms with van der Waals surface area (Å²) in [5.74, 6) is 1.23. The molecule has 0 aliphatic rings. The van der Waals surface area contributed by atoms with E-state index in [4.69, 9.17) is 4.74 Å². The van der Waals surface area contributed by atoms with E-state index >= 15 is 0 Å². The molecule has 0 atom stereocenters. The molecule has 0 bridgehead atoms. The molecular weight excluding hydrogens is 262 g/mol. The number of aryl methyl sites for hydroxylation is 1. The zero-order chi connectivity index (χ0) is 15.2. The number of pyridine rings is 1. The van der Waals surface area contributed by atoms with Gasteiger partial charge in [0.25, 0.3) is 0 Å². The predicted octanol–water partition coefficient (Wildman–Crippen LogP) is 3.55. The first-order chi connectivity index (χ1) is 10.1. The summed E-state index contributed by atoms with van der Waals surface area (Å²) in [7, 11) is 0. The van der Waals surface area contributed by atoms with Gasteiger partial charge in [0.1, 0.15) is 17.6 Å². The lowest BCUT2D eigenvalue weighted by Crippen LogP contribution is -2.21. The molecule has 1 heterocycles. The zero-order valence-electron chi connectivity index (χ0n) is 12.6. The van der Waals surface area contributed by atoms with Crippen molar-refractivity contribution >= 4 is 0 Å². The van der Waals surface area contributed by atoms with E-state index in [1.807, 2.05) is 37.3 Å². The lowest BCUT2D eigenvalue weighted by molar-refractivity contribution is 0.473. The van der Waals surface area contributed by atoms with E-state index in [-0.39, 0.29) is 0 Å². The molecule has 0 saturated carbocycles. The van der Waals surface area contributed by atoms with Crippen molar-refractivity contribution in [2.45, 2.75) is 33.4 Å². The lowest BCUT2D eigenvalue weighted by Gasteiger charge is -2.12. The maximum Gasteiger partial charge on any atom is 0.148 e. The first kappa shape index (κ1) is 15.0. The Morgan fingerprint density at radius 3 is 2.76 bits per heavy atom. The van der Waals surface area contributed by atoms with Crippen molar-refractivity contribution in [3.63, 3.8) is 0 Å². The largest absolute Gasteiger partial charge is 0.454 e. The smallest absolute Gasteiger partial charge is 0.148 e. The van der Waals surface area contributed by atoms with Crippen LogP contribution in [0.5, 0.6) is 11.5 Å². The summed E-state index contributed by atoms with van der Waals surface area (Å²) in [5, 5.41) is 12.6. The highest BCUT2D eigenvalue weighted by Crippen LogP contribution is 2.27. The lowest BCUT2D eigenvalue weighted by atomic mass is 10.1. The molecule has 0 amide bonds. The molecule has 0 aliphatic heterocycles. The molecule has 1 aromatic carbocycles. The number of aromatic nitrogens is 1. The third-order valence-corrected chi connectivity index (χ3v) is 3.06. The molecule has 1 N–H and O–H groups in total. The minimum atomic E-state index is 0.407. The predicted molar refractivity (Wildman–Crippen MR) is 82.2 cm³/mol. The molecule has 1 aromatic heterocycles. The van der Waals surface area contributed by atoms with Crippen molar-refractivity contribution in [3.05, 3.63) is 53.3 Å². The summed E-state index contributed by atoms with van der Waals surface area (Å²) in [5.41, 5.74) is 2.39. The monoisotopic (exact) mass is 281 g/mol. The highest BCUT2D eigenvalue weighted by atomic mass is 16.5. The Bertz CT molecular complexity index is 659. The maximum atomic E-state index is 9.30. The van der Waals surface area contributed by atoms with Crippen LogP contribution in [0.2, 0.25) is 0 Å². The Hall–Kier alpha value is -2.38. The molecule has 0 radical (unpaired) electrons. The van der Waals surface area contributed by atoms with Gasteiger partial charge in [-0.2, -0.15) is 5.26 Å². The van der Waals surface area contributed by atoms with Crippen LogP contribution in [0.25, 0.3) is 0 Å². The van der Waals surface area contributed by atoms with E-state index < -0.39 is 0 Å². The second kappa shape index (κ2) is 6.87. The van der Waals surface area contributed by atoms with E-state index in [1.54, 1.807) is 6.20 Å². The number of benzene rings is 1. The van der Waals surface area contributed by atoms with Crippen LogP contribution in [0, 0.1) is 18.3 Å². The zero-order valence-corrected chi connectivity index (χ0v) is 12.6. The van der Waals surface area contributed by atoms with E-state index in [2.05, 4.69) is 30.2 Å². The second-order valence-corrected chi connectivity index (χ2v) is 5.17. The van der Waals surface area contributed by atoms with Gasteiger partial charge in [0.05, 0.1) is 11.3 Å². The van der Waals surface area contributed by atoms with Gasteiger partial charge in [-0.05, 0) is 36.8 Å². The molecule has 21 heavy (non-hydrogen) atoms. The van der Waals surface area contributed by atoms with Crippen LogP contribution in [0.4, 0.5) is 0 Å². The summed E-state index contributed by atoms with van der Waals surface area (Å²) < 4.78 is 5.81.